The molecule has 1 N–H and O–H groups in total. The molecule has 1 aliphatic carbocycles. The summed E-state index contributed by atoms with van der Waals surface area (Å²) in [6.07, 6.45) is 8.51. The molecule has 0 radical (unpaired) electrons. The third-order valence-electron chi connectivity index (χ3n) is 5.31. The fraction of sp³-hybridized carbons (Fsp3) is 0.611. The van der Waals surface area contributed by atoms with Gasteiger partial charge in [0, 0.05) is 19.0 Å². The normalized spacial score (nSPS) is 24.9. The number of aromatic nitrogens is 2. The Balaban J connectivity index is 1.41. The van der Waals surface area contributed by atoms with Crippen molar-refractivity contribution in [3.63, 3.8) is 0 Å². The van der Waals surface area contributed by atoms with Gasteiger partial charge >= 0.3 is 0 Å². The van der Waals surface area contributed by atoms with E-state index < -0.39 is 0 Å². The first-order valence-corrected chi connectivity index (χ1v) is 8.55. The van der Waals surface area contributed by atoms with Gasteiger partial charge in [0.1, 0.15) is 5.82 Å². The van der Waals surface area contributed by atoms with E-state index >= 15 is 0 Å². The van der Waals surface area contributed by atoms with E-state index in [4.69, 9.17) is 4.98 Å². The van der Waals surface area contributed by atoms with Crippen molar-refractivity contribution in [1.29, 1.82) is 0 Å². The molecule has 2 fully saturated rings. The summed E-state index contributed by atoms with van der Waals surface area (Å²) in [6, 6.07) is 8.37. The quantitative estimate of drug-likeness (QED) is 0.925. The highest BCUT2D eigenvalue weighted by Gasteiger charge is 2.28. The van der Waals surface area contributed by atoms with Crippen molar-refractivity contribution in [2.45, 2.75) is 44.4 Å². The number of H-pyrrole nitrogens is 1. The molecule has 3 heteroatoms. The zero-order valence-electron chi connectivity index (χ0n) is 12.7. The molecule has 1 aliphatic heterocycles. The van der Waals surface area contributed by atoms with E-state index in [2.05, 4.69) is 34.1 Å². The Labute approximate surface area is 126 Å². The molecule has 2 aromatic rings. The first-order valence-electron chi connectivity index (χ1n) is 8.55. The van der Waals surface area contributed by atoms with E-state index in [1.807, 2.05) is 0 Å². The van der Waals surface area contributed by atoms with Crippen LogP contribution in [0.2, 0.25) is 0 Å². The smallest absolute Gasteiger partial charge is 0.111 e. The molecule has 1 aromatic heterocycles. The number of nitrogens with one attached hydrogen (secondary N) is 1. The highest BCUT2D eigenvalue weighted by atomic mass is 15.2. The Morgan fingerprint density at radius 2 is 1.95 bits per heavy atom. The number of likely N-dealkylation sites (tertiary alicyclic amines) is 1. The molecule has 21 heavy (non-hydrogen) atoms. The van der Waals surface area contributed by atoms with Crippen molar-refractivity contribution < 1.29 is 0 Å². The van der Waals surface area contributed by atoms with Crippen molar-refractivity contribution in [2.24, 2.45) is 5.92 Å². The number of imidazole rings is 1. The van der Waals surface area contributed by atoms with Gasteiger partial charge in [0.25, 0.3) is 0 Å². The zero-order valence-corrected chi connectivity index (χ0v) is 12.7. The number of rotatable bonds is 3. The molecule has 0 spiro atoms. The highest BCUT2D eigenvalue weighted by molar-refractivity contribution is 5.74. The van der Waals surface area contributed by atoms with Crippen LogP contribution in [0.25, 0.3) is 11.0 Å². The lowest BCUT2D eigenvalue weighted by Crippen LogP contribution is -2.28. The maximum absolute atomic E-state index is 4.79. The minimum absolute atomic E-state index is 0.598. The Morgan fingerprint density at radius 1 is 1.10 bits per heavy atom. The van der Waals surface area contributed by atoms with Gasteiger partial charge in [-0.2, -0.15) is 0 Å². The molecular weight excluding hydrogens is 258 g/mol. The minimum Gasteiger partial charge on any atom is -0.342 e. The summed E-state index contributed by atoms with van der Waals surface area (Å²) in [7, 11) is 0. The summed E-state index contributed by atoms with van der Waals surface area (Å²) in [5, 5.41) is 0. The Hall–Kier alpha value is -1.35. The van der Waals surface area contributed by atoms with Crippen LogP contribution in [0, 0.1) is 5.92 Å². The molecule has 1 atom stereocenters. The molecule has 1 saturated heterocycles. The maximum atomic E-state index is 4.79. The largest absolute Gasteiger partial charge is 0.342 e. The van der Waals surface area contributed by atoms with Crippen LogP contribution in [0.1, 0.15) is 50.3 Å². The molecule has 1 aromatic carbocycles. The van der Waals surface area contributed by atoms with Gasteiger partial charge in [-0.25, -0.2) is 4.98 Å². The van der Waals surface area contributed by atoms with Gasteiger partial charge in [-0.3, -0.25) is 0 Å². The second-order valence-electron chi connectivity index (χ2n) is 6.89. The highest BCUT2D eigenvalue weighted by Crippen LogP contribution is 2.30. The van der Waals surface area contributed by atoms with Gasteiger partial charge in [-0.05, 0) is 43.9 Å². The Bertz CT molecular complexity index is 564. The molecule has 1 saturated carbocycles. The van der Waals surface area contributed by atoms with Gasteiger partial charge in [-0.1, -0.05) is 31.4 Å². The number of hydrogen-bond acceptors (Lipinski definition) is 2. The summed E-state index contributed by atoms with van der Waals surface area (Å²) < 4.78 is 0. The molecule has 0 bridgehead atoms. The SMILES string of the molecule is c1ccc2[nH]c([C@H]3CCN(CC4CCCCC4)C3)nc2c1. The number of fused-ring (bicyclic) bond motifs is 1. The monoisotopic (exact) mass is 283 g/mol. The van der Waals surface area contributed by atoms with E-state index in [0.29, 0.717) is 5.92 Å². The topological polar surface area (TPSA) is 31.9 Å². The van der Waals surface area contributed by atoms with Gasteiger partial charge in [-0.15, -0.1) is 0 Å². The standard InChI is InChI=1S/C18H25N3/c1-2-6-14(7-3-1)12-21-11-10-15(13-21)18-19-16-8-4-5-9-17(16)20-18/h4-5,8-9,14-15H,1-3,6-7,10-13H2,(H,19,20)/t15-/m0/s1. The second kappa shape index (κ2) is 5.80. The second-order valence-corrected chi connectivity index (χ2v) is 6.89. The molecule has 0 amide bonds. The molecule has 2 heterocycles. The predicted molar refractivity (Wildman–Crippen MR) is 86.5 cm³/mol. The van der Waals surface area contributed by atoms with Crippen molar-refractivity contribution in [3.05, 3.63) is 30.1 Å². The number of hydrogen-bond donors (Lipinski definition) is 1. The molecule has 112 valence electrons. The van der Waals surface area contributed by atoms with Crippen LogP contribution in [0.15, 0.2) is 24.3 Å². The van der Waals surface area contributed by atoms with Gasteiger partial charge in [0.05, 0.1) is 11.0 Å². The zero-order chi connectivity index (χ0) is 14.1. The number of nitrogens with zero attached hydrogens (tertiary/aromatic N) is 2. The fourth-order valence-corrected chi connectivity index (χ4v) is 4.12. The fourth-order valence-electron chi connectivity index (χ4n) is 4.12. The van der Waals surface area contributed by atoms with Crippen LogP contribution in [0.5, 0.6) is 0 Å². The Kier molecular flexibility index (Phi) is 3.68. The first-order chi connectivity index (χ1) is 10.4. The van der Waals surface area contributed by atoms with Crippen molar-refractivity contribution >= 4 is 11.0 Å². The van der Waals surface area contributed by atoms with Crippen LogP contribution in [0.4, 0.5) is 0 Å². The summed E-state index contributed by atoms with van der Waals surface area (Å²) in [5.74, 6) is 2.75. The van der Waals surface area contributed by atoms with Crippen molar-refractivity contribution in [1.82, 2.24) is 14.9 Å². The van der Waals surface area contributed by atoms with E-state index in [0.717, 1.165) is 11.4 Å². The van der Waals surface area contributed by atoms with Gasteiger partial charge in [0.2, 0.25) is 0 Å². The third-order valence-corrected chi connectivity index (χ3v) is 5.31. The third kappa shape index (κ3) is 2.84. The van der Waals surface area contributed by atoms with Crippen LogP contribution >= 0.6 is 0 Å². The van der Waals surface area contributed by atoms with Crippen LogP contribution in [0.3, 0.4) is 0 Å². The average molecular weight is 283 g/mol. The van der Waals surface area contributed by atoms with E-state index in [-0.39, 0.29) is 0 Å². The van der Waals surface area contributed by atoms with Crippen LogP contribution in [-0.2, 0) is 0 Å². The van der Waals surface area contributed by atoms with E-state index in [1.165, 1.54) is 69.5 Å². The van der Waals surface area contributed by atoms with Crippen molar-refractivity contribution in [3.8, 4) is 0 Å². The average Bonchev–Trinajstić information content (AvgIpc) is 3.14. The lowest BCUT2D eigenvalue weighted by molar-refractivity contribution is 0.232. The lowest BCUT2D eigenvalue weighted by atomic mass is 9.89. The summed E-state index contributed by atoms with van der Waals surface area (Å²) in [4.78, 5) is 11.0. The number of para-hydroxylation sites is 2. The van der Waals surface area contributed by atoms with Crippen LogP contribution < -0.4 is 0 Å². The Morgan fingerprint density at radius 3 is 2.81 bits per heavy atom. The van der Waals surface area contributed by atoms with E-state index in [9.17, 15) is 0 Å². The first kappa shape index (κ1) is 13.3. The van der Waals surface area contributed by atoms with Crippen molar-refractivity contribution in [2.75, 3.05) is 19.6 Å². The van der Waals surface area contributed by atoms with Gasteiger partial charge in [0.15, 0.2) is 0 Å². The summed E-state index contributed by atoms with van der Waals surface area (Å²) in [6.45, 7) is 3.76. The van der Waals surface area contributed by atoms with Crippen LogP contribution in [-0.4, -0.2) is 34.5 Å². The molecule has 2 aliphatic rings. The van der Waals surface area contributed by atoms with E-state index in [1.54, 1.807) is 0 Å². The molecular formula is C18H25N3. The molecule has 0 unspecified atom stereocenters. The minimum atomic E-state index is 0.598. The summed E-state index contributed by atoms with van der Waals surface area (Å²) in [5.41, 5.74) is 2.29. The number of benzene rings is 1. The van der Waals surface area contributed by atoms with Gasteiger partial charge < -0.3 is 9.88 Å². The number of aromatic amines is 1. The predicted octanol–water partition coefficient (Wildman–Crippen LogP) is 3.93. The maximum Gasteiger partial charge on any atom is 0.111 e. The molecule has 4 rings (SSSR count). The summed E-state index contributed by atoms with van der Waals surface area (Å²) >= 11 is 0. The lowest BCUT2D eigenvalue weighted by Gasteiger charge is -2.26. The molecule has 3 nitrogen and oxygen atoms in total.